The van der Waals surface area contributed by atoms with Crippen molar-refractivity contribution in [3.8, 4) is 0 Å². The van der Waals surface area contributed by atoms with E-state index in [2.05, 4.69) is 9.72 Å². The second-order valence-corrected chi connectivity index (χ2v) is 5.16. The SMILES string of the molecule is COC(=O)c1ccc(C2(C3(N)CC3)CC2)nc1. The highest BCUT2D eigenvalue weighted by atomic mass is 16.5. The molecule has 2 aliphatic rings. The van der Waals surface area contributed by atoms with E-state index < -0.39 is 0 Å². The number of hydrogen-bond acceptors (Lipinski definition) is 4. The summed E-state index contributed by atoms with van der Waals surface area (Å²) >= 11 is 0. The van der Waals surface area contributed by atoms with Gasteiger partial charge in [0, 0.05) is 22.8 Å². The second kappa shape index (κ2) is 3.29. The van der Waals surface area contributed by atoms with Crippen LogP contribution in [0.1, 0.15) is 41.7 Å². The van der Waals surface area contributed by atoms with Crippen molar-refractivity contribution in [1.82, 2.24) is 4.98 Å². The minimum Gasteiger partial charge on any atom is -0.465 e. The van der Waals surface area contributed by atoms with Crippen molar-refractivity contribution in [2.45, 2.75) is 36.6 Å². The monoisotopic (exact) mass is 232 g/mol. The van der Waals surface area contributed by atoms with Gasteiger partial charge < -0.3 is 10.5 Å². The van der Waals surface area contributed by atoms with E-state index >= 15 is 0 Å². The summed E-state index contributed by atoms with van der Waals surface area (Å²) in [6.45, 7) is 0. The van der Waals surface area contributed by atoms with E-state index in [1.165, 1.54) is 7.11 Å². The Bertz CT molecular complexity index is 459. The Morgan fingerprint density at radius 3 is 2.47 bits per heavy atom. The van der Waals surface area contributed by atoms with Crippen molar-refractivity contribution >= 4 is 5.97 Å². The second-order valence-electron chi connectivity index (χ2n) is 5.16. The van der Waals surface area contributed by atoms with Crippen LogP contribution in [0.3, 0.4) is 0 Å². The minimum atomic E-state index is -0.345. The van der Waals surface area contributed by atoms with Crippen LogP contribution in [0.15, 0.2) is 18.3 Å². The summed E-state index contributed by atoms with van der Waals surface area (Å²) in [5.41, 5.74) is 7.89. The molecule has 1 aromatic heterocycles. The average Bonchev–Trinajstić information content (AvgIpc) is 3.24. The van der Waals surface area contributed by atoms with Crippen LogP contribution in [0.2, 0.25) is 0 Å². The van der Waals surface area contributed by atoms with Gasteiger partial charge in [-0.05, 0) is 37.8 Å². The number of aromatic nitrogens is 1. The van der Waals surface area contributed by atoms with E-state index in [9.17, 15) is 4.79 Å². The van der Waals surface area contributed by atoms with Gasteiger partial charge in [-0.1, -0.05) is 0 Å². The Balaban J connectivity index is 1.88. The van der Waals surface area contributed by atoms with Gasteiger partial charge in [-0.15, -0.1) is 0 Å². The van der Waals surface area contributed by atoms with E-state index in [1.807, 2.05) is 6.07 Å². The highest BCUT2D eigenvalue weighted by Gasteiger charge is 2.64. The van der Waals surface area contributed by atoms with Crippen LogP contribution in [0, 0.1) is 0 Å². The van der Waals surface area contributed by atoms with Crippen LogP contribution in [0.5, 0.6) is 0 Å². The van der Waals surface area contributed by atoms with Gasteiger partial charge in [0.25, 0.3) is 0 Å². The largest absolute Gasteiger partial charge is 0.465 e. The molecule has 1 aromatic rings. The number of pyridine rings is 1. The summed E-state index contributed by atoms with van der Waals surface area (Å²) in [7, 11) is 1.37. The molecule has 0 radical (unpaired) electrons. The van der Waals surface area contributed by atoms with Crippen molar-refractivity contribution in [3.05, 3.63) is 29.6 Å². The molecule has 1 heterocycles. The maximum absolute atomic E-state index is 11.3. The van der Waals surface area contributed by atoms with Crippen LogP contribution in [0.25, 0.3) is 0 Å². The molecular weight excluding hydrogens is 216 g/mol. The first-order valence-electron chi connectivity index (χ1n) is 5.95. The predicted molar refractivity (Wildman–Crippen MR) is 62.6 cm³/mol. The summed E-state index contributed by atoms with van der Waals surface area (Å²) in [5, 5.41) is 0. The molecule has 0 atom stereocenters. The third kappa shape index (κ3) is 1.47. The Labute approximate surface area is 100 Å². The smallest absolute Gasteiger partial charge is 0.339 e. The lowest BCUT2D eigenvalue weighted by Gasteiger charge is -2.22. The van der Waals surface area contributed by atoms with Crippen LogP contribution < -0.4 is 5.73 Å². The van der Waals surface area contributed by atoms with Crippen molar-refractivity contribution in [3.63, 3.8) is 0 Å². The highest BCUT2D eigenvalue weighted by Crippen LogP contribution is 2.63. The Morgan fingerprint density at radius 1 is 1.35 bits per heavy atom. The lowest BCUT2D eigenvalue weighted by Crippen LogP contribution is -2.37. The first-order chi connectivity index (χ1) is 8.11. The summed E-state index contributed by atoms with van der Waals surface area (Å²) in [5.74, 6) is -0.345. The van der Waals surface area contributed by atoms with Crippen LogP contribution in [-0.2, 0) is 10.2 Å². The van der Waals surface area contributed by atoms with Gasteiger partial charge in [-0.25, -0.2) is 4.79 Å². The fourth-order valence-corrected chi connectivity index (χ4v) is 2.66. The van der Waals surface area contributed by atoms with Crippen molar-refractivity contribution in [2.24, 2.45) is 5.73 Å². The van der Waals surface area contributed by atoms with Crippen molar-refractivity contribution < 1.29 is 9.53 Å². The molecule has 4 heteroatoms. The lowest BCUT2D eigenvalue weighted by atomic mass is 9.90. The normalized spacial score (nSPS) is 22.9. The number of hydrogen-bond donors (Lipinski definition) is 1. The van der Waals surface area contributed by atoms with E-state index in [4.69, 9.17) is 5.73 Å². The van der Waals surface area contributed by atoms with E-state index in [0.717, 1.165) is 31.4 Å². The van der Waals surface area contributed by atoms with Crippen LogP contribution >= 0.6 is 0 Å². The molecule has 0 saturated heterocycles. The zero-order chi connectivity index (χ0) is 12.1. The van der Waals surface area contributed by atoms with Crippen molar-refractivity contribution in [2.75, 3.05) is 7.11 Å². The first kappa shape index (κ1) is 10.7. The van der Waals surface area contributed by atoms with E-state index in [1.54, 1.807) is 12.3 Å². The van der Waals surface area contributed by atoms with Gasteiger partial charge in [-0.3, -0.25) is 4.98 Å². The number of rotatable bonds is 3. The van der Waals surface area contributed by atoms with Crippen LogP contribution in [-0.4, -0.2) is 23.6 Å². The minimum absolute atomic E-state index is 0.0349. The molecule has 4 nitrogen and oxygen atoms in total. The van der Waals surface area contributed by atoms with Gasteiger partial charge in [-0.2, -0.15) is 0 Å². The van der Waals surface area contributed by atoms with Gasteiger partial charge >= 0.3 is 5.97 Å². The molecule has 0 bridgehead atoms. The molecule has 0 aliphatic heterocycles. The third-order valence-electron chi connectivity index (χ3n) is 4.17. The van der Waals surface area contributed by atoms with Gasteiger partial charge in [0.15, 0.2) is 0 Å². The van der Waals surface area contributed by atoms with Crippen LogP contribution in [0.4, 0.5) is 0 Å². The van der Waals surface area contributed by atoms with Crippen molar-refractivity contribution in [1.29, 1.82) is 0 Å². The number of carbonyl (C=O) groups excluding carboxylic acids is 1. The Morgan fingerprint density at radius 2 is 2.06 bits per heavy atom. The lowest BCUT2D eigenvalue weighted by molar-refractivity contribution is 0.0600. The summed E-state index contributed by atoms with van der Waals surface area (Å²) < 4.78 is 4.65. The van der Waals surface area contributed by atoms with E-state index in [0.29, 0.717) is 5.56 Å². The molecule has 2 N–H and O–H groups in total. The van der Waals surface area contributed by atoms with E-state index in [-0.39, 0.29) is 16.9 Å². The summed E-state index contributed by atoms with van der Waals surface area (Å²) in [6.07, 6.45) is 6.01. The molecule has 2 aliphatic carbocycles. The molecule has 90 valence electrons. The molecular formula is C13H16N2O2. The molecule has 0 unspecified atom stereocenters. The Hall–Kier alpha value is -1.42. The molecule has 0 spiro atoms. The number of nitrogens with zero attached hydrogens (tertiary/aromatic N) is 1. The van der Waals surface area contributed by atoms with Gasteiger partial charge in [0.1, 0.15) is 0 Å². The maximum atomic E-state index is 11.3. The molecule has 17 heavy (non-hydrogen) atoms. The molecule has 3 rings (SSSR count). The number of methoxy groups -OCH3 is 1. The molecule has 0 amide bonds. The number of ether oxygens (including phenoxy) is 1. The summed E-state index contributed by atoms with van der Waals surface area (Å²) in [4.78, 5) is 15.7. The molecule has 2 saturated carbocycles. The van der Waals surface area contributed by atoms with Gasteiger partial charge in [0.05, 0.1) is 12.7 Å². The maximum Gasteiger partial charge on any atom is 0.339 e. The number of esters is 1. The topological polar surface area (TPSA) is 65.2 Å². The Kier molecular flexibility index (Phi) is 2.08. The molecule has 2 fully saturated rings. The standard InChI is InChI=1S/C13H16N2O2/c1-17-11(16)9-2-3-10(15-8-9)12(4-5-12)13(14)6-7-13/h2-3,8H,4-7,14H2,1H3. The average molecular weight is 232 g/mol. The fourth-order valence-electron chi connectivity index (χ4n) is 2.66. The zero-order valence-corrected chi connectivity index (χ0v) is 9.90. The zero-order valence-electron chi connectivity index (χ0n) is 9.90. The quantitative estimate of drug-likeness (QED) is 0.800. The molecule has 0 aromatic carbocycles. The number of nitrogens with two attached hydrogens (primary N) is 1. The predicted octanol–water partition coefficient (Wildman–Crippen LogP) is 1.39. The number of carbonyl (C=O) groups is 1. The fraction of sp³-hybridized carbons (Fsp3) is 0.538. The first-order valence-corrected chi connectivity index (χ1v) is 5.95. The third-order valence-corrected chi connectivity index (χ3v) is 4.17. The van der Waals surface area contributed by atoms with Gasteiger partial charge in [0.2, 0.25) is 0 Å². The summed E-state index contributed by atoms with van der Waals surface area (Å²) in [6, 6.07) is 3.70. The highest BCUT2D eigenvalue weighted by molar-refractivity contribution is 5.88.